The van der Waals surface area contributed by atoms with Gasteiger partial charge >= 0.3 is 0 Å². The molecule has 1 radical (unpaired) electrons. The fourth-order valence-corrected chi connectivity index (χ4v) is 1.42. The summed E-state index contributed by atoms with van der Waals surface area (Å²) in [5, 5.41) is 0. The minimum atomic E-state index is 0.457. The van der Waals surface area contributed by atoms with Crippen molar-refractivity contribution < 1.29 is 14.2 Å². The topological polar surface area (TPSA) is 40.6 Å². The smallest absolute Gasteiger partial charge is 0.219 e. The zero-order valence-electron chi connectivity index (χ0n) is 9.64. The Morgan fingerprint density at radius 2 is 1.94 bits per heavy atom. The van der Waals surface area contributed by atoms with Crippen LogP contribution in [0.25, 0.3) is 0 Å². The van der Waals surface area contributed by atoms with Gasteiger partial charge in [0.2, 0.25) is 11.6 Å². The summed E-state index contributed by atoms with van der Waals surface area (Å²) in [5.41, 5.74) is 0. The Labute approximate surface area is 99.8 Å². The van der Waals surface area contributed by atoms with Gasteiger partial charge < -0.3 is 14.2 Å². The van der Waals surface area contributed by atoms with Crippen molar-refractivity contribution in [3.63, 3.8) is 0 Å². The summed E-state index contributed by atoms with van der Waals surface area (Å²) in [6, 6.07) is 11.7. The molecule has 0 N–H and O–H groups in total. The van der Waals surface area contributed by atoms with E-state index >= 15 is 0 Å². The Bertz CT molecular complexity index is 485. The highest BCUT2D eigenvalue weighted by Crippen LogP contribution is 2.38. The van der Waals surface area contributed by atoms with Crippen LogP contribution in [0.3, 0.4) is 0 Å². The molecule has 0 bridgehead atoms. The Balaban J connectivity index is 2.33. The van der Waals surface area contributed by atoms with Crippen LogP contribution in [0.15, 0.2) is 36.5 Å². The number of hydrogen-bond acceptors (Lipinski definition) is 4. The monoisotopic (exact) mass is 230 g/mol. The first-order valence-electron chi connectivity index (χ1n) is 5.06. The van der Waals surface area contributed by atoms with E-state index in [4.69, 9.17) is 14.2 Å². The van der Waals surface area contributed by atoms with Crippen LogP contribution >= 0.6 is 0 Å². The number of hydrogen-bond donors (Lipinski definition) is 0. The number of methoxy groups -OCH3 is 2. The van der Waals surface area contributed by atoms with Gasteiger partial charge in [-0.05, 0) is 24.3 Å². The van der Waals surface area contributed by atoms with Gasteiger partial charge in [0.05, 0.1) is 14.2 Å². The molecule has 1 aromatic heterocycles. The maximum Gasteiger partial charge on any atom is 0.219 e. The molecule has 4 nitrogen and oxygen atoms in total. The Hall–Kier alpha value is -2.23. The second kappa shape index (κ2) is 5.21. The molecule has 0 amide bonds. The van der Waals surface area contributed by atoms with E-state index in [1.807, 2.05) is 6.07 Å². The fourth-order valence-electron chi connectivity index (χ4n) is 1.42. The third kappa shape index (κ3) is 2.47. The first kappa shape index (κ1) is 11.3. The molecule has 0 aliphatic rings. The second-order valence-electron chi connectivity index (χ2n) is 3.19. The van der Waals surface area contributed by atoms with Crippen LogP contribution in [0.5, 0.6) is 23.1 Å². The van der Waals surface area contributed by atoms with Crippen molar-refractivity contribution >= 4 is 0 Å². The van der Waals surface area contributed by atoms with E-state index in [0.717, 1.165) is 0 Å². The molecular weight excluding hydrogens is 218 g/mol. The third-order valence-corrected chi connectivity index (χ3v) is 2.16. The summed E-state index contributed by atoms with van der Waals surface area (Å²) in [6.45, 7) is 0. The minimum Gasteiger partial charge on any atom is -0.493 e. The summed E-state index contributed by atoms with van der Waals surface area (Å²) >= 11 is 0. The van der Waals surface area contributed by atoms with E-state index in [1.165, 1.54) is 0 Å². The number of nitrogens with zero attached hydrogens (tertiary/aromatic N) is 1. The van der Waals surface area contributed by atoms with Gasteiger partial charge in [0, 0.05) is 12.3 Å². The van der Waals surface area contributed by atoms with Crippen molar-refractivity contribution in [1.29, 1.82) is 0 Å². The first-order chi connectivity index (χ1) is 8.35. The van der Waals surface area contributed by atoms with E-state index in [-0.39, 0.29) is 0 Å². The molecule has 0 saturated carbocycles. The minimum absolute atomic E-state index is 0.457. The normalized spacial score (nSPS) is 9.76. The highest BCUT2D eigenvalue weighted by atomic mass is 16.5. The molecule has 0 aliphatic heterocycles. The summed E-state index contributed by atoms with van der Waals surface area (Å²) in [6.07, 6.45) is 1.61. The number of para-hydroxylation sites is 1. The first-order valence-corrected chi connectivity index (χ1v) is 5.06. The van der Waals surface area contributed by atoms with Crippen LogP contribution < -0.4 is 14.2 Å². The number of aromatic nitrogens is 1. The quantitative estimate of drug-likeness (QED) is 0.809. The standard InChI is InChI=1S/C13H12NO3/c1-15-10-6-5-7-11(13(10)16-2)17-12-8-3-4-9-14-12/h4-9H,1-2H3. The Morgan fingerprint density at radius 3 is 2.59 bits per heavy atom. The molecular formula is C13H12NO3. The molecule has 1 heterocycles. The van der Waals surface area contributed by atoms with Gasteiger partial charge in [0.25, 0.3) is 0 Å². The number of pyridine rings is 1. The van der Waals surface area contributed by atoms with E-state index in [2.05, 4.69) is 11.1 Å². The second-order valence-corrected chi connectivity index (χ2v) is 3.19. The van der Waals surface area contributed by atoms with Crippen molar-refractivity contribution in [2.45, 2.75) is 0 Å². The van der Waals surface area contributed by atoms with Crippen LogP contribution in [0.1, 0.15) is 0 Å². The van der Waals surface area contributed by atoms with Crippen LogP contribution in [0.4, 0.5) is 0 Å². The van der Waals surface area contributed by atoms with Crippen LogP contribution in [0.2, 0.25) is 0 Å². The van der Waals surface area contributed by atoms with Gasteiger partial charge in [-0.2, -0.15) is 0 Å². The van der Waals surface area contributed by atoms with Gasteiger partial charge in [-0.1, -0.05) is 6.07 Å². The largest absolute Gasteiger partial charge is 0.493 e. The van der Waals surface area contributed by atoms with E-state index in [9.17, 15) is 0 Å². The number of ether oxygens (including phenoxy) is 3. The van der Waals surface area contributed by atoms with Gasteiger partial charge in [-0.3, -0.25) is 0 Å². The van der Waals surface area contributed by atoms with Crippen molar-refractivity contribution in [2.24, 2.45) is 0 Å². The molecule has 0 atom stereocenters. The molecule has 2 aromatic rings. The number of benzene rings is 1. The molecule has 87 valence electrons. The zero-order valence-corrected chi connectivity index (χ0v) is 9.64. The Morgan fingerprint density at radius 1 is 1.12 bits per heavy atom. The van der Waals surface area contributed by atoms with Crippen molar-refractivity contribution in [1.82, 2.24) is 4.98 Å². The van der Waals surface area contributed by atoms with Crippen molar-refractivity contribution in [2.75, 3.05) is 14.2 Å². The average Bonchev–Trinajstić information content (AvgIpc) is 2.39. The third-order valence-electron chi connectivity index (χ3n) is 2.16. The van der Waals surface area contributed by atoms with Crippen LogP contribution in [-0.2, 0) is 0 Å². The lowest BCUT2D eigenvalue weighted by molar-refractivity contribution is 0.334. The van der Waals surface area contributed by atoms with Gasteiger partial charge in [-0.25, -0.2) is 4.98 Å². The molecule has 0 unspecified atom stereocenters. The molecule has 0 aliphatic carbocycles. The molecule has 4 heteroatoms. The summed E-state index contributed by atoms with van der Waals surface area (Å²) < 4.78 is 16.0. The molecule has 0 spiro atoms. The lowest BCUT2D eigenvalue weighted by Crippen LogP contribution is -1.94. The Kier molecular flexibility index (Phi) is 3.45. The predicted molar refractivity (Wildman–Crippen MR) is 62.7 cm³/mol. The van der Waals surface area contributed by atoms with Crippen molar-refractivity contribution in [3.8, 4) is 23.1 Å². The SMILES string of the molecule is COc1cccc(Oc2c[c]ccn2)c1OC. The lowest BCUT2D eigenvalue weighted by Gasteiger charge is -2.12. The molecule has 0 saturated heterocycles. The zero-order chi connectivity index (χ0) is 12.1. The van der Waals surface area contributed by atoms with Crippen LogP contribution in [-0.4, -0.2) is 19.2 Å². The highest BCUT2D eigenvalue weighted by Gasteiger charge is 2.11. The fraction of sp³-hybridized carbons (Fsp3) is 0.154. The van der Waals surface area contributed by atoms with E-state index < -0.39 is 0 Å². The van der Waals surface area contributed by atoms with Gasteiger partial charge in [0.1, 0.15) is 0 Å². The van der Waals surface area contributed by atoms with Gasteiger partial charge in [0.15, 0.2) is 11.5 Å². The summed E-state index contributed by atoms with van der Waals surface area (Å²) in [5.74, 6) is 2.17. The van der Waals surface area contributed by atoms with Gasteiger partial charge in [-0.15, -0.1) is 0 Å². The summed E-state index contributed by atoms with van der Waals surface area (Å²) in [4.78, 5) is 4.06. The predicted octanol–water partition coefficient (Wildman–Crippen LogP) is 2.69. The summed E-state index contributed by atoms with van der Waals surface area (Å²) in [7, 11) is 3.14. The van der Waals surface area contributed by atoms with Crippen LogP contribution in [0, 0.1) is 6.07 Å². The molecule has 1 aromatic carbocycles. The lowest BCUT2D eigenvalue weighted by atomic mass is 10.3. The maximum absolute atomic E-state index is 5.60. The van der Waals surface area contributed by atoms with Crippen molar-refractivity contribution in [3.05, 3.63) is 42.6 Å². The maximum atomic E-state index is 5.60. The van der Waals surface area contributed by atoms with E-state index in [0.29, 0.717) is 23.1 Å². The molecule has 2 rings (SSSR count). The van der Waals surface area contributed by atoms with E-state index in [1.54, 1.807) is 44.7 Å². The molecule has 17 heavy (non-hydrogen) atoms. The average molecular weight is 230 g/mol. The molecule has 0 fully saturated rings. The highest BCUT2D eigenvalue weighted by molar-refractivity contribution is 5.52. The number of rotatable bonds is 4.